The van der Waals surface area contributed by atoms with Crippen molar-refractivity contribution in [2.75, 3.05) is 7.11 Å². The van der Waals surface area contributed by atoms with Crippen LogP contribution in [0.4, 0.5) is 0 Å². The zero-order valence-corrected chi connectivity index (χ0v) is 14.1. The van der Waals surface area contributed by atoms with Crippen LogP contribution in [0, 0.1) is 0 Å². The van der Waals surface area contributed by atoms with Crippen LogP contribution in [-0.2, 0) is 22.7 Å². The zero-order chi connectivity index (χ0) is 17.4. The third-order valence-electron chi connectivity index (χ3n) is 3.37. The molecule has 0 aromatic heterocycles. The number of nitrogens with one attached hydrogen (secondary N) is 2. The van der Waals surface area contributed by atoms with E-state index in [1.54, 1.807) is 19.2 Å². The molecule has 0 unspecified atom stereocenters. The monoisotopic (exact) mass is 346 g/mol. The van der Waals surface area contributed by atoms with Gasteiger partial charge in [0.2, 0.25) is 11.8 Å². The van der Waals surface area contributed by atoms with Crippen molar-refractivity contribution >= 4 is 23.4 Å². The van der Waals surface area contributed by atoms with Crippen LogP contribution in [0.3, 0.4) is 0 Å². The summed E-state index contributed by atoms with van der Waals surface area (Å²) in [5.41, 5.74) is 1.86. The molecule has 0 aliphatic rings. The Bertz CT molecular complexity index is 684. The van der Waals surface area contributed by atoms with Crippen LogP contribution in [0.5, 0.6) is 5.75 Å². The molecule has 0 aliphatic carbocycles. The van der Waals surface area contributed by atoms with E-state index in [4.69, 9.17) is 16.3 Å². The molecular weight excluding hydrogens is 328 g/mol. The largest absolute Gasteiger partial charge is 0.497 e. The second-order valence-electron chi connectivity index (χ2n) is 5.20. The van der Waals surface area contributed by atoms with Crippen LogP contribution in [0.2, 0.25) is 5.02 Å². The lowest BCUT2D eigenvalue weighted by molar-refractivity contribution is -0.129. The van der Waals surface area contributed by atoms with Gasteiger partial charge in [-0.3, -0.25) is 9.59 Å². The highest BCUT2D eigenvalue weighted by molar-refractivity contribution is 6.30. The maximum Gasteiger partial charge on any atom is 0.229 e. The van der Waals surface area contributed by atoms with Crippen LogP contribution in [-0.4, -0.2) is 18.9 Å². The lowest BCUT2D eigenvalue weighted by Gasteiger charge is -2.07. The van der Waals surface area contributed by atoms with E-state index in [-0.39, 0.29) is 18.2 Å². The smallest absolute Gasteiger partial charge is 0.229 e. The highest BCUT2D eigenvalue weighted by atomic mass is 35.5. The molecule has 0 heterocycles. The van der Waals surface area contributed by atoms with Crippen LogP contribution in [0.15, 0.2) is 48.5 Å². The van der Waals surface area contributed by atoms with E-state index in [0.717, 1.165) is 16.9 Å². The van der Waals surface area contributed by atoms with Gasteiger partial charge in [0.1, 0.15) is 12.2 Å². The van der Waals surface area contributed by atoms with Gasteiger partial charge in [-0.1, -0.05) is 35.9 Å². The number of hydrogen-bond donors (Lipinski definition) is 2. The third kappa shape index (κ3) is 5.93. The van der Waals surface area contributed by atoms with Gasteiger partial charge in [-0.15, -0.1) is 0 Å². The molecule has 2 aromatic carbocycles. The summed E-state index contributed by atoms with van der Waals surface area (Å²) in [4.78, 5) is 23.6. The summed E-state index contributed by atoms with van der Waals surface area (Å²) in [7, 11) is 1.60. The first-order valence-electron chi connectivity index (χ1n) is 7.47. The van der Waals surface area contributed by atoms with Crippen LogP contribution in [0.1, 0.15) is 17.5 Å². The van der Waals surface area contributed by atoms with E-state index in [1.807, 2.05) is 36.4 Å². The van der Waals surface area contributed by atoms with E-state index in [0.29, 0.717) is 18.1 Å². The lowest BCUT2D eigenvalue weighted by atomic mass is 10.2. The molecule has 0 aliphatic heterocycles. The van der Waals surface area contributed by atoms with Gasteiger partial charge in [0.15, 0.2) is 0 Å². The van der Waals surface area contributed by atoms with E-state index in [2.05, 4.69) is 10.6 Å². The Labute approximate surface area is 146 Å². The van der Waals surface area contributed by atoms with Crippen LogP contribution >= 0.6 is 11.6 Å². The standard InChI is InChI=1S/C18H19ClN2O3/c1-24-16-8-4-14(5-9-16)12-21-18(23)10-17(22)20-11-13-2-6-15(19)7-3-13/h2-9H,10-12H2,1H3,(H,20,22)(H,21,23). The summed E-state index contributed by atoms with van der Waals surface area (Å²) in [6, 6.07) is 14.5. The summed E-state index contributed by atoms with van der Waals surface area (Å²) in [6.45, 7) is 0.731. The molecule has 0 radical (unpaired) electrons. The fourth-order valence-corrected chi connectivity index (χ4v) is 2.14. The highest BCUT2D eigenvalue weighted by Gasteiger charge is 2.09. The van der Waals surface area contributed by atoms with Crippen molar-refractivity contribution < 1.29 is 14.3 Å². The Morgan fingerprint density at radius 3 is 1.79 bits per heavy atom. The molecule has 6 heteroatoms. The van der Waals surface area contributed by atoms with E-state index >= 15 is 0 Å². The second kappa shape index (κ2) is 8.93. The molecule has 0 saturated heterocycles. The molecule has 0 fully saturated rings. The van der Waals surface area contributed by atoms with Crippen LogP contribution < -0.4 is 15.4 Å². The van der Waals surface area contributed by atoms with Gasteiger partial charge in [0.25, 0.3) is 0 Å². The molecule has 0 bridgehead atoms. The number of carbonyl (C=O) groups excluding carboxylic acids is 2. The van der Waals surface area contributed by atoms with Crippen molar-refractivity contribution in [3.63, 3.8) is 0 Å². The molecule has 5 nitrogen and oxygen atoms in total. The van der Waals surface area contributed by atoms with Gasteiger partial charge in [0.05, 0.1) is 7.11 Å². The Morgan fingerprint density at radius 1 is 0.875 bits per heavy atom. The van der Waals surface area contributed by atoms with Crippen molar-refractivity contribution in [2.24, 2.45) is 0 Å². The molecule has 2 amide bonds. The fraction of sp³-hybridized carbons (Fsp3) is 0.222. The van der Waals surface area contributed by atoms with Gasteiger partial charge in [0, 0.05) is 18.1 Å². The number of halogens is 1. The molecule has 0 spiro atoms. The minimum Gasteiger partial charge on any atom is -0.497 e. The lowest BCUT2D eigenvalue weighted by Crippen LogP contribution is -2.31. The number of carbonyl (C=O) groups is 2. The van der Waals surface area contributed by atoms with Gasteiger partial charge in [-0.25, -0.2) is 0 Å². The molecule has 0 saturated carbocycles. The minimum atomic E-state index is -0.322. The summed E-state index contributed by atoms with van der Waals surface area (Å²) in [6.07, 6.45) is -0.205. The quantitative estimate of drug-likeness (QED) is 0.757. The molecule has 126 valence electrons. The Kier molecular flexibility index (Phi) is 6.63. The van der Waals surface area contributed by atoms with Gasteiger partial charge < -0.3 is 15.4 Å². The number of methoxy groups -OCH3 is 1. The maximum absolute atomic E-state index is 11.8. The Balaban J connectivity index is 1.70. The number of benzene rings is 2. The third-order valence-corrected chi connectivity index (χ3v) is 3.62. The predicted octanol–water partition coefficient (Wildman–Crippen LogP) is 2.67. The first-order valence-corrected chi connectivity index (χ1v) is 7.85. The molecule has 24 heavy (non-hydrogen) atoms. The van der Waals surface area contributed by atoms with Crippen molar-refractivity contribution in [3.8, 4) is 5.75 Å². The van der Waals surface area contributed by atoms with E-state index in [1.165, 1.54) is 0 Å². The molecule has 0 atom stereocenters. The van der Waals surface area contributed by atoms with Crippen molar-refractivity contribution in [1.29, 1.82) is 0 Å². The Morgan fingerprint density at radius 2 is 1.33 bits per heavy atom. The van der Waals surface area contributed by atoms with Gasteiger partial charge >= 0.3 is 0 Å². The molecule has 2 aromatic rings. The summed E-state index contributed by atoms with van der Waals surface area (Å²) < 4.78 is 5.07. The molecular formula is C18H19ClN2O3. The zero-order valence-electron chi connectivity index (χ0n) is 13.3. The Hall–Kier alpha value is -2.53. The molecule has 2 rings (SSSR count). The normalized spacial score (nSPS) is 10.1. The van der Waals surface area contributed by atoms with Gasteiger partial charge in [-0.05, 0) is 35.4 Å². The number of rotatable bonds is 7. The number of ether oxygens (including phenoxy) is 1. The first kappa shape index (κ1) is 17.8. The van der Waals surface area contributed by atoms with Crippen molar-refractivity contribution in [2.45, 2.75) is 19.5 Å². The van der Waals surface area contributed by atoms with E-state index in [9.17, 15) is 9.59 Å². The minimum absolute atomic E-state index is 0.205. The average molecular weight is 347 g/mol. The topological polar surface area (TPSA) is 67.4 Å². The predicted molar refractivity (Wildman–Crippen MR) is 92.8 cm³/mol. The summed E-state index contributed by atoms with van der Waals surface area (Å²) >= 11 is 5.80. The number of amides is 2. The number of hydrogen-bond acceptors (Lipinski definition) is 3. The first-order chi connectivity index (χ1) is 11.6. The maximum atomic E-state index is 11.8. The van der Waals surface area contributed by atoms with Crippen molar-refractivity contribution in [3.05, 3.63) is 64.7 Å². The summed E-state index contributed by atoms with van der Waals surface area (Å²) in [5.74, 6) is 0.114. The van der Waals surface area contributed by atoms with Gasteiger partial charge in [-0.2, -0.15) is 0 Å². The fourth-order valence-electron chi connectivity index (χ4n) is 2.02. The molecule has 2 N–H and O–H groups in total. The summed E-state index contributed by atoms with van der Waals surface area (Å²) in [5, 5.41) is 6.06. The van der Waals surface area contributed by atoms with Crippen LogP contribution in [0.25, 0.3) is 0 Å². The van der Waals surface area contributed by atoms with Crippen molar-refractivity contribution in [1.82, 2.24) is 10.6 Å². The highest BCUT2D eigenvalue weighted by Crippen LogP contribution is 2.11. The SMILES string of the molecule is COc1ccc(CNC(=O)CC(=O)NCc2ccc(Cl)cc2)cc1. The second-order valence-corrected chi connectivity index (χ2v) is 5.64. The average Bonchev–Trinajstić information content (AvgIpc) is 2.60. The van der Waals surface area contributed by atoms with E-state index < -0.39 is 0 Å².